The number of fused-ring (bicyclic) bond motifs is 2. The Morgan fingerprint density at radius 2 is 1.98 bits per heavy atom. The lowest BCUT2D eigenvalue weighted by Gasteiger charge is -2.18. The number of aryl methyl sites for hydroxylation is 1. The maximum absolute atomic E-state index is 15.1. The molecule has 1 N–H and O–H groups in total. The summed E-state index contributed by atoms with van der Waals surface area (Å²) < 4.78 is 38.1. The average Bonchev–Trinajstić information content (AvgIpc) is 3.54. The number of nitrogens with zero attached hydrogens (tertiary/aromatic N) is 1. The normalized spacial score (nSPS) is 17.3. The summed E-state index contributed by atoms with van der Waals surface area (Å²) in [4.78, 5) is 11.7. The van der Waals surface area contributed by atoms with Crippen LogP contribution in [-0.4, -0.2) is 30.4 Å². The van der Waals surface area contributed by atoms with Gasteiger partial charge in [0.2, 0.25) is 0 Å². The Labute approximate surface area is 239 Å². The number of rotatable bonds is 10. The monoisotopic (exact) mass is 559 g/mol. The molecule has 0 radical (unpaired) electrons. The molecule has 0 bridgehead atoms. The largest absolute Gasteiger partial charge is 0.492 e. The maximum Gasteiger partial charge on any atom is 0.306 e. The molecule has 3 aromatic rings. The highest BCUT2D eigenvalue weighted by Crippen LogP contribution is 2.44. The van der Waals surface area contributed by atoms with Crippen molar-refractivity contribution in [2.75, 3.05) is 13.7 Å². The summed E-state index contributed by atoms with van der Waals surface area (Å²) in [7, 11) is 1.37. The quantitative estimate of drug-likeness (QED) is 0.276. The van der Waals surface area contributed by atoms with Crippen LogP contribution < -0.4 is 14.2 Å². The van der Waals surface area contributed by atoms with Crippen molar-refractivity contribution in [3.8, 4) is 29.1 Å². The van der Waals surface area contributed by atoms with E-state index in [9.17, 15) is 15.2 Å². The number of hydrogen-bond donors (Lipinski definition) is 1. The summed E-state index contributed by atoms with van der Waals surface area (Å²) in [6, 6.07) is 16.2. The third kappa shape index (κ3) is 6.47. The lowest BCUT2D eigenvalue weighted by atomic mass is 9.98. The van der Waals surface area contributed by atoms with E-state index in [0.29, 0.717) is 60.0 Å². The molecule has 2 aliphatic rings. The number of esters is 1. The Morgan fingerprint density at radius 3 is 2.73 bits per heavy atom. The van der Waals surface area contributed by atoms with Crippen LogP contribution in [0.3, 0.4) is 0 Å². The number of carbonyl (C=O) groups is 1. The van der Waals surface area contributed by atoms with Crippen molar-refractivity contribution in [1.82, 2.24) is 0 Å². The van der Waals surface area contributed by atoms with Gasteiger partial charge in [-0.25, -0.2) is 4.39 Å². The molecule has 0 amide bonds. The lowest BCUT2D eigenvalue weighted by molar-refractivity contribution is -0.141. The van der Waals surface area contributed by atoms with Gasteiger partial charge in [0.1, 0.15) is 41.0 Å². The van der Waals surface area contributed by atoms with Crippen molar-refractivity contribution in [3.05, 3.63) is 82.2 Å². The van der Waals surface area contributed by atoms with Crippen molar-refractivity contribution in [1.29, 1.82) is 5.26 Å². The zero-order valence-corrected chi connectivity index (χ0v) is 23.5. The maximum atomic E-state index is 15.1. The van der Waals surface area contributed by atoms with Crippen LogP contribution in [0.1, 0.15) is 79.4 Å². The van der Waals surface area contributed by atoms with Crippen LogP contribution in [0.5, 0.6) is 23.0 Å². The van der Waals surface area contributed by atoms with Crippen LogP contribution in [-0.2, 0) is 22.4 Å². The minimum atomic E-state index is -0.727. The third-order valence-electron chi connectivity index (χ3n) is 7.66. The molecular weight excluding hydrogens is 525 g/mol. The zero-order valence-electron chi connectivity index (χ0n) is 23.5. The second-order valence-electron chi connectivity index (χ2n) is 11.3. The van der Waals surface area contributed by atoms with E-state index in [0.717, 1.165) is 29.5 Å². The van der Waals surface area contributed by atoms with E-state index in [1.807, 2.05) is 18.2 Å². The average molecular weight is 560 g/mol. The highest BCUT2D eigenvalue weighted by molar-refractivity contribution is 5.71. The van der Waals surface area contributed by atoms with Gasteiger partial charge in [0, 0.05) is 28.7 Å². The molecule has 0 saturated carbocycles. The molecule has 2 atom stereocenters. The minimum absolute atomic E-state index is 0.0732. The fourth-order valence-electron chi connectivity index (χ4n) is 5.56. The molecule has 0 unspecified atom stereocenters. The fourth-order valence-corrected chi connectivity index (χ4v) is 5.56. The van der Waals surface area contributed by atoms with Gasteiger partial charge in [0.05, 0.1) is 31.3 Å². The topological polar surface area (TPSA) is 98.0 Å². The van der Waals surface area contributed by atoms with Crippen molar-refractivity contribution in [2.45, 2.75) is 70.0 Å². The van der Waals surface area contributed by atoms with Crippen LogP contribution >= 0.6 is 0 Å². The molecule has 8 heteroatoms. The molecule has 1 aliphatic heterocycles. The molecule has 41 heavy (non-hydrogen) atoms. The number of methoxy groups -OCH3 is 1. The van der Waals surface area contributed by atoms with Gasteiger partial charge in [-0.1, -0.05) is 12.1 Å². The number of benzene rings is 3. The molecule has 0 spiro atoms. The Bertz CT molecular complexity index is 1490. The van der Waals surface area contributed by atoms with E-state index in [2.05, 4.69) is 6.07 Å². The molecule has 0 aromatic heterocycles. The standard InChI is InChI=1S/C33H34FNO6/c1-33(2,37)14-4-5-20-6-11-27(21(15-20)18-35)41-28-13-10-26(34)32-25(28)9-12-29(32)40-23-7-8-24-22(16-31(36)38-3)19-39-30(24)17-23/h6-8,10-11,13,15,17,22,29,37H,4-5,9,12,14,16,19H2,1-3H3/t22-,29-/m1/s1. The highest BCUT2D eigenvalue weighted by atomic mass is 19.1. The molecule has 5 rings (SSSR count). The van der Waals surface area contributed by atoms with Gasteiger partial charge in [0.15, 0.2) is 0 Å². The molecule has 0 fully saturated rings. The number of hydrogen-bond acceptors (Lipinski definition) is 7. The van der Waals surface area contributed by atoms with Gasteiger partial charge >= 0.3 is 5.97 Å². The van der Waals surface area contributed by atoms with E-state index < -0.39 is 11.7 Å². The van der Waals surface area contributed by atoms with Gasteiger partial charge in [0.25, 0.3) is 0 Å². The van der Waals surface area contributed by atoms with E-state index in [-0.39, 0.29) is 24.1 Å². The summed E-state index contributed by atoms with van der Waals surface area (Å²) in [6.45, 7) is 3.96. The number of nitriles is 1. The third-order valence-corrected chi connectivity index (χ3v) is 7.66. The molecule has 0 saturated heterocycles. The van der Waals surface area contributed by atoms with Gasteiger partial charge in [-0.05, 0) is 81.8 Å². The van der Waals surface area contributed by atoms with Crippen LogP contribution in [0.25, 0.3) is 0 Å². The van der Waals surface area contributed by atoms with Crippen LogP contribution in [0.2, 0.25) is 0 Å². The molecule has 1 heterocycles. The minimum Gasteiger partial charge on any atom is -0.492 e. The van der Waals surface area contributed by atoms with Gasteiger partial charge in [-0.2, -0.15) is 5.26 Å². The van der Waals surface area contributed by atoms with Gasteiger partial charge in [-0.3, -0.25) is 4.79 Å². The van der Waals surface area contributed by atoms with Crippen molar-refractivity contribution >= 4 is 5.97 Å². The van der Waals surface area contributed by atoms with Gasteiger partial charge < -0.3 is 24.1 Å². The van der Waals surface area contributed by atoms with Crippen molar-refractivity contribution in [3.63, 3.8) is 0 Å². The van der Waals surface area contributed by atoms with Crippen molar-refractivity contribution < 1.29 is 33.2 Å². The Kier molecular flexibility index (Phi) is 8.18. The number of ether oxygens (including phenoxy) is 4. The molecule has 214 valence electrons. The number of aliphatic hydroxyl groups is 1. The Balaban J connectivity index is 1.31. The predicted molar refractivity (Wildman–Crippen MR) is 150 cm³/mol. The molecular formula is C33H34FNO6. The SMILES string of the molecule is COC(=O)C[C@@H]1COc2cc(O[C@@H]3CCc4c(Oc5ccc(CCCC(C)(C)O)cc5C#N)ccc(F)c43)ccc21. The van der Waals surface area contributed by atoms with Crippen LogP contribution in [0, 0.1) is 17.1 Å². The number of carbonyl (C=O) groups excluding carboxylic acids is 1. The summed E-state index contributed by atoms with van der Waals surface area (Å²) in [5.41, 5.74) is 2.77. The summed E-state index contributed by atoms with van der Waals surface area (Å²) in [6.07, 6.45) is 3.06. The van der Waals surface area contributed by atoms with Gasteiger partial charge in [-0.15, -0.1) is 0 Å². The second kappa shape index (κ2) is 11.8. The first-order chi connectivity index (χ1) is 19.6. The number of halogens is 1. The molecule has 7 nitrogen and oxygen atoms in total. The van der Waals surface area contributed by atoms with Crippen LogP contribution in [0.4, 0.5) is 4.39 Å². The predicted octanol–water partition coefficient (Wildman–Crippen LogP) is 6.69. The lowest BCUT2D eigenvalue weighted by Crippen LogP contribution is -2.18. The first-order valence-corrected chi connectivity index (χ1v) is 13.9. The smallest absolute Gasteiger partial charge is 0.306 e. The van der Waals surface area contributed by atoms with E-state index in [4.69, 9.17) is 18.9 Å². The van der Waals surface area contributed by atoms with Crippen LogP contribution in [0.15, 0.2) is 48.5 Å². The first-order valence-electron chi connectivity index (χ1n) is 13.9. The summed E-state index contributed by atoms with van der Waals surface area (Å²) in [5, 5.41) is 19.7. The van der Waals surface area contributed by atoms with E-state index in [1.54, 1.807) is 38.1 Å². The second-order valence-corrected chi connectivity index (χ2v) is 11.3. The highest BCUT2D eigenvalue weighted by Gasteiger charge is 2.32. The van der Waals surface area contributed by atoms with Crippen molar-refractivity contribution in [2.24, 2.45) is 0 Å². The Morgan fingerprint density at radius 1 is 1.17 bits per heavy atom. The summed E-state index contributed by atoms with van der Waals surface area (Å²) in [5.74, 6) is 1.39. The van der Waals surface area contributed by atoms with E-state index in [1.165, 1.54) is 13.2 Å². The fraction of sp³-hybridized carbons (Fsp3) is 0.394. The Hall–Kier alpha value is -4.09. The molecule has 1 aliphatic carbocycles. The molecule has 3 aromatic carbocycles. The zero-order chi connectivity index (χ0) is 29.1. The summed E-state index contributed by atoms with van der Waals surface area (Å²) >= 11 is 0. The van der Waals surface area contributed by atoms with E-state index >= 15 is 4.39 Å². The first kappa shape index (κ1) is 28.4.